The molecule has 0 radical (unpaired) electrons. The smallest absolute Gasteiger partial charge is 0.354 e. The van der Waals surface area contributed by atoms with Crippen molar-refractivity contribution in [1.82, 2.24) is 14.3 Å². The van der Waals surface area contributed by atoms with Gasteiger partial charge in [0.05, 0.1) is 21.3 Å². The molecular weight excluding hydrogens is 500 g/mol. The molecule has 10 heteroatoms. The van der Waals surface area contributed by atoms with E-state index in [0.717, 1.165) is 31.4 Å². The fourth-order valence-corrected chi connectivity index (χ4v) is 7.26. The number of aromatic nitrogens is 2. The van der Waals surface area contributed by atoms with E-state index in [1.165, 1.54) is 18.8 Å². The average molecular weight is 529 g/mol. The number of rotatable bonds is 4. The highest BCUT2D eigenvalue weighted by Gasteiger charge is 2.41. The van der Waals surface area contributed by atoms with Crippen LogP contribution in [0.15, 0.2) is 59.8 Å². The molecule has 1 aromatic heterocycles. The number of para-hydroxylation sites is 1. The Kier molecular flexibility index (Phi) is 6.93. The van der Waals surface area contributed by atoms with Crippen LogP contribution in [0.3, 0.4) is 0 Å². The lowest BCUT2D eigenvalue weighted by molar-refractivity contribution is 0.0690. The molecule has 3 aromatic rings. The summed E-state index contributed by atoms with van der Waals surface area (Å²) in [6.07, 6.45) is 6.76. The predicted molar refractivity (Wildman–Crippen MR) is 142 cm³/mol. The van der Waals surface area contributed by atoms with Crippen molar-refractivity contribution in [3.63, 3.8) is 0 Å². The van der Waals surface area contributed by atoms with Gasteiger partial charge in [-0.15, -0.1) is 10.8 Å². The zero-order chi connectivity index (χ0) is 25.4. The van der Waals surface area contributed by atoms with Gasteiger partial charge in [-0.25, -0.2) is 14.8 Å². The highest BCUT2D eigenvalue weighted by molar-refractivity contribution is 8.22. The largest absolute Gasteiger partial charge is 0.477 e. The average Bonchev–Trinajstić information content (AvgIpc) is 2.97. The molecule has 0 amide bonds. The standard InChI is InChI=1S/C26H29ClN4O4S/c1-30-24(17-8-4-2-5-9-17)15-31(18-10-6-3-7-11-18)23-13-20(27)19(12-25(23)36(30,34)35)21-14-22(26(32)33)29-16-28-21/h3,6-7,10-14,16-17,24,34-35H,2,4-5,8-9,15H2,1H3,(H,32,33). The topological polar surface area (TPSA) is 110 Å². The number of halogens is 1. The third kappa shape index (κ3) is 4.57. The second-order valence-corrected chi connectivity index (χ2v) is 11.8. The molecule has 3 N–H and O–H groups in total. The van der Waals surface area contributed by atoms with Crippen LogP contribution in [0.25, 0.3) is 11.3 Å². The van der Waals surface area contributed by atoms with Crippen molar-refractivity contribution in [2.75, 3.05) is 18.5 Å². The first-order valence-electron chi connectivity index (χ1n) is 12.0. The van der Waals surface area contributed by atoms with E-state index in [0.29, 0.717) is 39.3 Å². The molecule has 0 saturated heterocycles. The second kappa shape index (κ2) is 9.99. The molecule has 1 aliphatic carbocycles. The van der Waals surface area contributed by atoms with Crippen molar-refractivity contribution < 1.29 is 19.0 Å². The van der Waals surface area contributed by atoms with E-state index < -0.39 is 16.7 Å². The van der Waals surface area contributed by atoms with E-state index in [-0.39, 0.29) is 11.7 Å². The van der Waals surface area contributed by atoms with Crippen molar-refractivity contribution >= 4 is 39.7 Å². The first-order chi connectivity index (χ1) is 17.3. The molecule has 1 unspecified atom stereocenters. The molecule has 0 spiro atoms. The molecule has 1 aliphatic heterocycles. The number of anilines is 2. The molecule has 0 bridgehead atoms. The maximum Gasteiger partial charge on any atom is 0.354 e. The van der Waals surface area contributed by atoms with Gasteiger partial charge in [0.2, 0.25) is 0 Å². The summed E-state index contributed by atoms with van der Waals surface area (Å²) in [5, 5.41) is 9.71. The van der Waals surface area contributed by atoms with Gasteiger partial charge in [-0.1, -0.05) is 49.1 Å². The first kappa shape index (κ1) is 25.0. The van der Waals surface area contributed by atoms with E-state index in [9.17, 15) is 19.0 Å². The van der Waals surface area contributed by atoms with Crippen LogP contribution >= 0.6 is 22.4 Å². The van der Waals surface area contributed by atoms with Gasteiger partial charge < -0.3 is 10.0 Å². The number of nitrogens with zero attached hydrogens (tertiary/aromatic N) is 4. The molecule has 2 aromatic carbocycles. The lowest BCUT2D eigenvalue weighted by Crippen LogP contribution is -2.45. The van der Waals surface area contributed by atoms with Crippen LogP contribution in [0.5, 0.6) is 0 Å². The normalized spacial score (nSPS) is 21.4. The van der Waals surface area contributed by atoms with Gasteiger partial charge in [-0.05, 0) is 49.1 Å². The summed E-state index contributed by atoms with van der Waals surface area (Å²) in [7, 11) is -1.61. The Labute approximate surface area is 217 Å². The third-order valence-electron chi connectivity index (χ3n) is 7.30. The summed E-state index contributed by atoms with van der Waals surface area (Å²) in [5.41, 5.74) is 2.10. The Morgan fingerprint density at radius 1 is 1.06 bits per heavy atom. The Balaban J connectivity index is 1.69. The number of fused-ring (bicyclic) bond motifs is 1. The molecular formula is C26H29ClN4O4S. The molecule has 2 heterocycles. The van der Waals surface area contributed by atoms with E-state index in [1.807, 2.05) is 30.3 Å². The molecule has 5 rings (SSSR count). The Morgan fingerprint density at radius 2 is 1.78 bits per heavy atom. The minimum absolute atomic E-state index is 0.0807. The van der Waals surface area contributed by atoms with Crippen LogP contribution in [-0.4, -0.2) is 54.1 Å². The number of carboxylic acid groups (broad SMARTS) is 1. The van der Waals surface area contributed by atoms with Gasteiger partial charge in [-0.3, -0.25) is 9.11 Å². The third-order valence-corrected chi connectivity index (χ3v) is 9.60. The van der Waals surface area contributed by atoms with Gasteiger partial charge in [0.15, 0.2) is 5.69 Å². The monoisotopic (exact) mass is 528 g/mol. The number of likely N-dealkylation sites (N-methyl/N-ethyl adjacent to an activating group) is 1. The van der Waals surface area contributed by atoms with E-state index in [1.54, 1.807) is 23.5 Å². The van der Waals surface area contributed by atoms with Gasteiger partial charge in [0.1, 0.15) is 6.33 Å². The predicted octanol–water partition coefficient (Wildman–Crippen LogP) is 6.55. The minimum Gasteiger partial charge on any atom is -0.477 e. The second-order valence-electron chi connectivity index (χ2n) is 9.37. The number of carboxylic acids is 1. The van der Waals surface area contributed by atoms with E-state index in [2.05, 4.69) is 14.9 Å². The van der Waals surface area contributed by atoms with Crippen molar-refractivity contribution in [2.45, 2.75) is 43.0 Å². The number of aromatic carboxylic acids is 1. The molecule has 1 atom stereocenters. The molecule has 36 heavy (non-hydrogen) atoms. The summed E-state index contributed by atoms with van der Waals surface area (Å²) in [4.78, 5) is 21.9. The lowest BCUT2D eigenvalue weighted by atomic mass is 9.83. The van der Waals surface area contributed by atoms with Crippen LogP contribution in [0, 0.1) is 5.92 Å². The molecule has 1 fully saturated rings. The van der Waals surface area contributed by atoms with Crippen LogP contribution in [0.2, 0.25) is 5.02 Å². The highest BCUT2D eigenvalue weighted by Crippen LogP contribution is 2.60. The summed E-state index contributed by atoms with van der Waals surface area (Å²) in [6.45, 7) is 0.584. The SMILES string of the molecule is CN1C(C2CCCCC2)CN(c2ccccc2)c2cc(Cl)c(-c3cc(C(=O)O)ncn3)cc2S1(O)O. The highest BCUT2D eigenvalue weighted by atomic mass is 35.5. The fourth-order valence-electron chi connectivity index (χ4n) is 5.35. The maximum absolute atomic E-state index is 11.7. The summed E-state index contributed by atoms with van der Waals surface area (Å²) < 4.78 is 25.2. The summed E-state index contributed by atoms with van der Waals surface area (Å²) >= 11 is 6.75. The minimum atomic E-state index is -3.40. The maximum atomic E-state index is 11.7. The summed E-state index contributed by atoms with van der Waals surface area (Å²) in [5.74, 6) is -0.843. The van der Waals surface area contributed by atoms with Gasteiger partial charge in [0, 0.05) is 30.9 Å². The Hall–Kier alpha value is -2.69. The quantitative estimate of drug-likeness (QED) is 0.349. The molecule has 1 saturated carbocycles. The zero-order valence-electron chi connectivity index (χ0n) is 19.9. The number of carbonyl (C=O) groups is 1. The number of hydrogen-bond donors (Lipinski definition) is 3. The first-order valence-corrected chi connectivity index (χ1v) is 13.9. The zero-order valence-corrected chi connectivity index (χ0v) is 21.5. The van der Waals surface area contributed by atoms with Crippen LogP contribution in [-0.2, 0) is 0 Å². The van der Waals surface area contributed by atoms with Crippen LogP contribution in [0.1, 0.15) is 42.6 Å². The van der Waals surface area contributed by atoms with Crippen molar-refractivity contribution in [1.29, 1.82) is 0 Å². The van der Waals surface area contributed by atoms with Gasteiger partial charge in [0.25, 0.3) is 0 Å². The summed E-state index contributed by atoms with van der Waals surface area (Å²) in [6, 6.07) is 14.5. The Bertz CT molecular complexity index is 1270. The van der Waals surface area contributed by atoms with Crippen molar-refractivity contribution in [2.24, 2.45) is 5.92 Å². The van der Waals surface area contributed by atoms with Crippen LogP contribution in [0.4, 0.5) is 11.4 Å². The lowest BCUT2D eigenvalue weighted by Gasteiger charge is -2.46. The van der Waals surface area contributed by atoms with Crippen LogP contribution < -0.4 is 4.90 Å². The fraction of sp³-hybridized carbons (Fsp3) is 0.346. The van der Waals surface area contributed by atoms with Gasteiger partial charge >= 0.3 is 5.97 Å². The van der Waals surface area contributed by atoms with E-state index in [4.69, 9.17) is 11.6 Å². The molecule has 190 valence electrons. The van der Waals surface area contributed by atoms with E-state index >= 15 is 0 Å². The number of hydrogen-bond acceptors (Lipinski definition) is 7. The van der Waals surface area contributed by atoms with Crippen molar-refractivity contribution in [3.05, 3.63) is 65.6 Å². The molecule has 2 aliphatic rings. The molecule has 8 nitrogen and oxygen atoms in total. The van der Waals surface area contributed by atoms with Gasteiger partial charge in [-0.2, -0.15) is 4.31 Å². The number of benzene rings is 2. The Morgan fingerprint density at radius 3 is 2.47 bits per heavy atom. The van der Waals surface area contributed by atoms with Crippen molar-refractivity contribution in [3.8, 4) is 11.3 Å².